The lowest BCUT2D eigenvalue weighted by Crippen LogP contribution is -2.21. The summed E-state index contributed by atoms with van der Waals surface area (Å²) in [7, 11) is 0. The van der Waals surface area contributed by atoms with E-state index in [1.807, 2.05) is 0 Å². The van der Waals surface area contributed by atoms with E-state index in [0.29, 0.717) is 0 Å². The summed E-state index contributed by atoms with van der Waals surface area (Å²) in [6, 6.07) is 3.39. The van der Waals surface area contributed by atoms with Crippen molar-refractivity contribution in [2.45, 2.75) is 6.36 Å². The largest absolute Gasteiger partial charge is 0.573 e. The summed E-state index contributed by atoms with van der Waals surface area (Å²) in [5, 5.41) is 4.25. The molecule has 2 rings (SSSR count). The number of anilines is 2. The number of thiazole rings is 1. The van der Waals surface area contributed by atoms with Gasteiger partial charge in [0.25, 0.3) is 5.91 Å². The molecule has 20 heavy (non-hydrogen) atoms. The zero-order chi connectivity index (χ0) is 14.8. The SMILES string of the molecule is Nc1ccc(C(=O)Nc2nccs2)c(OC(F)(F)F)c1. The molecule has 0 fully saturated rings. The van der Waals surface area contributed by atoms with E-state index in [4.69, 9.17) is 5.73 Å². The first-order chi connectivity index (χ1) is 9.35. The number of rotatable bonds is 3. The number of alkyl halides is 3. The molecule has 0 spiro atoms. The summed E-state index contributed by atoms with van der Waals surface area (Å²) < 4.78 is 40.7. The van der Waals surface area contributed by atoms with E-state index < -0.39 is 18.0 Å². The number of amides is 1. The highest BCUT2D eigenvalue weighted by Gasteiger charge is 2.33. The van der Waals surface area contributed by atoms with E-state index in [9.17, 15) is 18.0 Å². The highest BCUT2D eigenvalue weighted by molar-refractivity contribution is 7.13. The number of nitrogens with zero attached hydrogens (tertiary/aromatic N) is 1. The molecule has 0 atom stereocenters. The van der Waals surface area contributed by atoms with Crippen LogP contribution in [0.5, 0.6) is 5.75 Å². The summed E-state index contributed by atoms with van der Waals surface area (Å²) >= 11 is 1.14. The minimum atomic E-state index is -4.91. The van der Waals surface area contributed by atoms with Gasteiger partial charge in [0, 0.05) is 23.3 Å². The first-order valence-corrected chi connectivity index (χ1v) is 6.09. The van der Waals surface area contributed by atoms with Crippen molar-refractivity contribution in [3.05, 3.63) is 35.3 Å². The number of aromatic nitrogens is 1. The van der Waals surface area contributed by atoms with Crippen LogP contribution >= 0.6 is 11.3 Å². The highest BCUT2D eigenvalue weighted by Crippen LogP contribution is 2.29. The molecule has 9 heteroatoms. The van der Waals surface area contributed by atoms with Gasteiger partial charge in [-0.15, -0.1) is 24.5 Å². The molecular weight excluding hydrogens is 295 g/mol. The number of hydrogen-bond donors (Lipinski definition) is 2. The van der Waals surface area contributed by atoms with Crippen LogP contribution in [0.4, 0.5) is 24.0 Å². The quantitative estimate of drug-likeness (QED) is 0.855. The van der Waals surface area contributed by atoms with Gasteiger partial charge >= 0.3 is 6.36 Å². The number of carbonyl (C=O) groups is 1. The van der Waals surface area contributed by atoms with E-state index in [-0.39, 0.29) is 16.4 Å². The summed E-state index contributed by atoms with van der Waals surface area (Å²) in [5.41, 5.74) is 5.16. The average molecular weight is 303 g/mol. The van der Waals surface area contributed by atoms with Crippen LogP contribution in [0.25, 0.3) is 0 Å². The average Bonchev–Trinajstić information content (AvgIpc) is 2.79. The van der Waals surface area contributed by atoms with Crippen LogP contribution < -0.4 is 15.8 Å². The zero-order valence-corrected chi connectivity index (χ0v) is 10.6. The summed E-state index contributed by atoms with van der Waals surface area (Å²) in [5.74, 6) is -1.43. The van der Waals surface area contributed by atoms with Gasteiger partial charge in [-0.3, -0.25) is 10.1 Å². The number of hydrogen-bond acceptors (Lipinski definition) is 5. The molecule has 0 radical (unpaired) electrons. The predicted octanol–water partition coefficient (Wildman–Crippen LogP) is 2.88. The molecule has 2 aromatic rings. The van der Waals surface area contributed by atoms with Crippen molar-refractivity contribution < 1.29 is 22.7 Å². The van der Waals surface area contributed by atoms with Crippen LogP contribution in [-0.2, 0) is 0 Å². The fourth-order valence-corrected chi connectivity index (χ4v) is 1.91. The lowest BCUT2D eigenvalue weighted by Gasteiger charge is -2.13. The van der Waals surface area contributed by atoms with E-state index in [2.05, 4.69) is 15.0 Å². The molecule has 3 N–H and O–H groups in total. The van der Waals surface area contributed by atoms with E-state index in [1.54, 1.807) is 5.38 Å². The van der Waals surface area contributed by atoms with Crippen molar-refractivity contribution >= 4 is 28.1 Å². The Hall–Kier alpha value is -2.29. The number of benzene rings is 1. The van der Waals surface area contributed by atoms with Crippen LogP contribution in [0.15, 0.2) is 29.8 Å². The second kappa shape index (κ2) is 5.37. The molecule has 0 aliphatic heterocycles. The first-order valence-electron chi connectivity index (χ1n) is 5.21. The standard InChI is InChI=1S/C11H8F3N3O2S/c12-11(13,14)19-8-5-6(15)1-2-7(8)9(18)17-10-16-3-4-20-10/h1-5H,15H2,(H,16,17,18). The Morgan fingerprint density at radius 1 is 1.40 bits per heavy atom. The third kappa shape index (κ3) is 3.60. The van der Waals surface area contributed by atoms with E-state index in [0.717, 1.165) is 23.5 Å². The Morgan fingerprint density at radius 2 is 2.15 bits per heavy atom. The molecule has 0 aliphatic rings. The molecule has 106 valence electrons. The monoisotopic (exact) mass is 303 g/mol. The maximum Gasteiger partial charge on any atom is 0.573 e. The number of nitrogens with two attached hydrogens (primary N) is 1. The van der Waals surface area contributed by atoms with E-state index >= 15 is 0 Å². The predicted molar refractivity (Wildman–Crippen MR) is 67.6 cm³/mol. The lowest BCUT2D eigenvalue weighted by atomic mass is 10.1. The Balaban J connectivity index is 2.28. The highest BCUT2D eigenvalue weighted by atomic mass is 32.1. The molecule has 0 unspecified atom stereocenters. The van der Waals surface area contributed by atoms with Crippen LogP contribution in [0, 0.1) is 0 Å². The van der Waals surface area contributed by atoms with Gasteiger partial charge in [-0.2, -0.15) is 0 Å². The number of carbonyl (C=O) groups excluding carboxylic acids is 1. The lowest BCUT2D eigenvalue weighted by molar-refractivity contribution is -0.274. The molecule has 1 amide bonds. The van der Waals surface area contributed by atoms with Gasteiger partial charge in [-0.25, -0.2) is 4.98 Å². The topological polar surface area (TPSA) is 77.2 Å². The van der Waals surface area contributed by atoms with Crippen molar-refractivity contribution in [2.24, 2.45) is 0 Å². The van der Waals surface area contributed by atoms with Gasteiger partial charge in [0.1, 0.15) is 5.75 Å². The molecule has 1 aromatic carbocycles. The van der Waals surface area contributed by atoms with Crippen molar-refractivity contribution in [3.8, 4) is 5.75 Å². The smallest absolute Gasteiger partial charge is 0.405 e. The molecule has 0 aliphatic carbocycles. The Morgan fingerprint density at radius 3 is 2.75 bits per heavy atom. The Kier molecular flexibility index (Phi) is 3.79. The normalized spacial score (nSPS) is 11.2. The third-order valence-corrected chi connectivity index (χ3v) is 2.82. The minimum Gasteiger partial charge on any atom is -0.405 e. The fourth-order valence-electron chi connectivity index (χ4n) is 1.39. The number of halogens is 3. The Bertz CT molecular complexity index is 614. The number of ether oxygens (including phenoxy) is 1. The number of nitrogen functional groups attached to an aromatic ring is 1. The molecule has 5 nitrogen and oxygen atoms in total. The van der Waals surface area contributed by atoms with Gasteiger partial charge in [-0.1, -0.05) is 0 Å². The van der Waals surface area contributed by atoms with Gasteiger partial charge in [-0.05, 0) is 12.1 Å². The molecule has 0 bridgehead atoms. The molecular formula is C11H8F3N3O2S. The van der Waals surface area contributed by atoms with Gasteiger partial charge in [0.15, 0.2) is 5.13 Å². The van der Waals surface area contributed by atoms with Crippen LogP contribution in [0.1, 0.15) is 10.4 Å². The summed E-state index contributed by atoms with van der Waals surface area (Å²) in [6.45, 7) is 0. The second-order valence-corrected chi connectivity index (χ2v) is 4.49. The summed E-state index contributed by atoms with van der Waals surface area (Å²) in [6.07, 6.45) is -3.46. The molecule has 0 saturated heterocycles. The first kappa shape index (κ1) is 14.1. The van der Waals surface area contributed by atoms with E-state index in [1.165, 1.54) is 12.3 Å². The second-order valence-electron chi connectivity index (χ2n) is 3.59. The zero-order valence-electron chi connectivity index (χ0n) is 9.77. The van der Waals surface area contributed by atoms with Crippen molar-refractivity contribution in [3.63, 3.8) is 0 Å². The van der Waals surface area contributed by atoms with Crippen molar-refractivity contribution in [1.29, 1.82) is 0 Å². The van der Waals surface area contributed by atoms with Crippen LogP contribution in [0.2, 0.25) is 0 Å². The molecule has 1 heterocycles. The van der Waals surface area contributed by atoms with Gasteiger partial charge in [0.05, 0.1) is 5.56 Å². The fraction of sp³-hybridized carbons (Fsp3) is 0.0909. The van der Waals surface area contributed by atoms with Crippen LogP contribution in [0.3, 0.4) is 0 Å². The maximum atomic E-state index is 12.3. The van der Waals surface area contributed by atoms with Crippen LogP contribution in [-0.4, -0.2) is 17.3 Å². The third-order valence-electron chi connectivity index (χ3n) is 2.13. The minimum absolute atomic E-state index is 0.0510. The molecule has 0 saturated carbocycles. The van der Waals surface area contributed by atoms with Crippen molar-refractivity contribution in [2.75, 3.05) is 11.1 Å². The Labute approximate surface area is 115 Å². The maximum absolute atomic E-state index is 12.3. The van der Waals surface area contributed by atoms with Gasteiger partial charge < -0.3 is 10.5 Å². The molecule has 1 aromatic heterocycles. The number of nitrogens with one attached hydrogen (secondary N) is 1. The van der Waals surface area contributed by atoms with Crippen molar-refractivity contribution in [1.82, 2.24) is 4.98 Å². The summed E-state index contributed by atoms with van der Waals surface area (Å²) in [4.78, 5) is 15.7. The van der Waals surface area contributed by atoms with Gasteiger partial charge in [0.2, 0.25) is 0 Å².